The number of ether oxygens (including phenoxy) is 1. The number of aryl methyl sites for hydroxylation is 1. The van der Waals surface area contributed by atoms with Crippen LogP contribution in [0.5, 0.6) is 5.75 Å². The Morgan fingerprint density at radius 1 is 1.04 bits per heavy atom. The summed E-state index contributed by atoms with van der Waals surface area (Å²) in [6.07, 6.45) is 2.46. The van der Waals surface area contributed by atoms with Crippen molar-refractivity contribution < 1.29 is 9.53 Å². The molecule has 0 saturated heterocycles. The molecular formula is C21H22N4O2. The van der Waals surface area contributed by atoms with Crippen LogP contribution in [0.25, 0.3) is 0 Å². The quantitative estimate of drug-likeness (QED) is 0.670. The van der Waals surface area contributed by atoms with Crippen molar-refractivity contribution in [2.75, 3.05) is 12.4 Å². The second-order valence-electron chi connectivity index (χ2n) is 5.90. The van der Waals surface area contributed by atoms with E-state index >= 15 is 0 Å². The van der Waals surface area contributed by atoms with Gasteiger partial charge in [-0.2, -0.15) is 0 Å². The van der Waals surface area contributed by atoms with Crippen LogP contribution in [0, 0.1) is 0 Å². The third kappa shape index (κ3) is 4.61. The molecule has 2 aromatic carbocycles. The van der Waals surface area contributed by atoms with E-state index < -0.39 is 0 Å². The maximum Gasteiger partial charge on any atom is 0.270 e. The fourth-order valence-corrected chi connectivity index (χ4v) is 2.73. The molecule has 0 bridgehead atoms. The highest BCUT2D eigenvalue weighted by molar-refractivity contribution is 5.92. The second-order valence-corrected chi connectivity index (χ2v) is 5.90. The Bertz CT molecular complexity index is 927. The zero-order chi connectivity index (χ0) is 19.1. The molecule has 0 aliphatic rings. The Balaban J connectivity index is 1.70. The number of hydrogen-bond acceptors (Lipinski definition) is 5. The van der Waals surface area contributed by atoms with Crippen LogP contribution in [0.15, 0.2) is 60.8 Å². The van der Waals surface area contributed by atoms with Gasteiger partial charge in [0.05, 0.1) is 7.11 Å². The van der Waals surface area contributed by atoms with Gasteiger partial charge >= 0.3 is 0 Å². The van der Waals surface area contributed by atoms with Crippen LogP contribution in [0.1, 0.15) is 28.5 Å². The van der Waals surface area contributed by atoms with Gasteiger partial charge in [0.2, 0.25) is 5.95 Å². The van der Waals surface area contributed by atoms with Gasteiger partial charge in [0.1, 0.15) is 11.4 Å². The molecule has 3 rings (SSSR count). The zero-order valence-corrected chi connectivity index (χ0v) is 15.4. The number of hydrogen-bond donors (Lipinski definition) is 2. The molecule has 6 nitrogen and oxygen atoms in total. The summed E-state index contributed by atoms with van der Waals surface area (Å²) in [7, 11) is 1.61. The number of methoxy groups -OCH3 is 1. The number of nitrogens with zero attached hydrogens (tertiary/aromatic N) is 2. The van der Waals surface area contributed by atoms with E-state index in [1.165, 1.54) is 0 Å². The lowest BCUT2D eigenvalue weighted by Crippen LogP contribution is -2.24. The maximum absolute atomic E-state index is 12.5. The molecule has 0 saturated carbocycles. The SMILES string of the molecule is CCc1ccccc1Nc1nccc(C(=O)NCc2ccccc2OC)n1. The Hall–Kier alpha value is -3.41. The van der Waals surface area contributed by atoms with Gasteiger partial charge in [-0.3, -0.25) is 4.79 Å². The van der Waals surface area contributed by atoms with Crippen LogP contribution in [0.3, 0.4) is 0 Å². The molecule has 2 N–H and O–H groups in total. The Labute approximate surface area is 158 Å². The standard InChI is InChI=1S/C21H22N4O2/c1-3-15-8-4-6-10-17(15)24-21-22-13-12-18(25-21)20(26)23-14-16-9-5-7-11-19(16)27-2/h4-13H,3,14H2,1-2H3,(H,23,26)(H,22,24,25). The van der Waals surface area contributed by atoms with Gasteiger partial charge in [-0.05, 0) is 30.2 Å². The number of anilines is 2. The molecule has 0 aliphatic heterocycles. The van der Waals surface area contributed by atoms with Crippen molar-refractivity contribution in [3.05, 3.63) is 77.6 Å². The third-order valence-electron chi connectivity index (χ3n) is 4.16. The van der Waals surface area contributed by atoms with E-state index in [9.17, 15) is 4.79 Å². The predicted molar refractivity (Wildman–Crippen MR) is 105 cm³/mol. The summed E-state index contributed by atoms with van der Waals surface area (Å²) < 4.78 is 5.30. The van der Waals surface area contributed by atoms with Gasteiger partial charge in [0.25, 0.3) is 5.91 Å². The summed E-state index contributed by atoms with van der Waals surface area (Å²) in [5.41, 5.74) is 3.30. The lowest BCUT2D eigenvalue weighted by Gasteiger charge is -2.11. The minimum atomic E-state index is -0.268. The van der Waals surface area contributed by atoms with E-state index in [0.29, 0.717) is 18.2 Å². The minimum absolute atomic E-state index is 0.268. The van der Waals surface area contributed by atoms with Crippen molar-refractivity contribution >= 4 is 17.5 Å². The summed E-state index contributed by atoms with van der Waals surface area (Å²) >= 11 is 0. The van der Waals surface area contributed by atoms with Gasteiger partial charge in [0, 0.05) is 24.0 Å². The fourth-order valence-electron chi connectivity index (χ4n) is 2.73. The highest BCUT2D eigenvalue weighted by atomic mass is 16.5. The highest BCUT2D eigenvalue weighted by Crippen LogP contribution is 2.19. The maximum atomic E-state index is 12.5. The first-order valence-electron chi connectivity index (χ1n) is 8.79. The smallest absolute Gasteiger partial charge is 0.270 e. The van der Waals surface area contributed by atoms with Crippen LogP contribution in [0.2, 0.25) is 0 Å². The monoisotopic (exact) mass is 362 g/mol. The minimum Gasteiger partial charge on any atom is -0.496 e. The van der Waals surface area contributed by atoms with Crippen molar-refractivity contribution in [1.29, 1.82) is 0 Å². The summed E-state index contributed by atoms with van der Waals surface area (Å²) in [4.78, 5) is 21.0. The summed E-state index contributed by atoms with van der Waals surface area (Å²) in [6.45, 7) is 2.44. The predicted octanol–water partition coefficient (Wildman–Crippen LogP) is 3.72. The Morgan fingerprint density at radius 3 is 2.56 bits per heavy atom. The molecule has 27 heavy (non-hydrogen) atoms. The van der Waals surface area contributed by atoms with Crippen molar-refractivity contribution in [3.63, 3.8) is 0 Å². The third-order valence-corrected chi connectivity index (χ3v) is 4.16. The molecule has 3 aromatic rings. The van der Waals surface area contributed by atoms with Gasteiger partial charge in [0.15, 0.2) is 0 Å². The first-order chi connectivity index (χ1) is 13.2. The van der Waals surface area contributed by atoms with Crippen LogP contribution in [-0.2, 0) is 13.0 Å². The molecule has 0 atom stereocenters. The van der Waals surface area contributed by atoms with Crippen molar-refractivity contribution in [2.45, 2.75) is 19.9 Å². The average molecular weight is 362 g/mol. The van der Waals surface area contributed by atoms with Crippen molar-refractivity contribution in [2.24, 2.45) is 0 Å². The van der Waals surface area contributed by atoms with E-state index in [1.807, 2.05) is 48.5 Å². The van der Waals surface area contributed by atoms with Crippen LogP contribution in [-0.4, -0.2) is 23.0 Å². The molecule has 0 aliphatic carbocycles. The summed E-state index contributed by atoms with van der Waals surface area (Å²) in [5.74, 6) is 0.856. The number of aromatic nitrogens is 2. The van der Waals surface area contributed by atoms with Gasteiger partial charge in [-0.1, -0.05) is 43.3 Å². The number of carbonyl (C=O) groups is 1. The number of amides is 1. The molecule has 1 amide bonds. The van der Waals surface area contributed by atoms with Crippen LogP contribution < -0.4 is 15.4 Å². The van der Waals surface area contributed by atoms with Gasteiger partial charge < -0.3 is 15.4 Å². The van der Waals surface area contributed by atoms with Crippen molar-refractivity contribution in [1.82, 2.24) is 15.3 Å². The van der Waals surface area contributed by atoms with Crippen LogP contribution >= 0.6 is 0 Å². The number of para-hydroxylation sites is 2. The fraction of sp³-hybridized carbons (Fsp3) is 0.190. The molecule has 1 aromatic heterocycles. The van der Waals surface area contributed by atoms with E-state index in [2.05, 4.69) is 27.5 Å². The van der Waals surface area contributed by atoms with E-state index in [4.69, 9.17) is 4.74 Å². The largest absolute Gasteiger partial charge is 0.496 e. The highest BCUT2D eigenvalue weighted by Gasteiger charge is 2.11. The van der Waals surface area contributed by atoms with Gasteiger partial charge in [-0.25, -0.2) is 9.97 Å². The lowest BCUT2D eigenvalue weighted by atomic mass is 10.1. The average Bonchev–Trinajstić information content (AvgIpc) is 2.72. The summed E-state index contributed by atoms with van der Waals surface area (Å²) in [5, 5.41) is 6.06. The molecule has 0 radical (unpaired) electrons. The van der Waals surface area contributed by atoms with Crippen LogP contribution in [0.4, 0.5) is 11.6 Å². The molecule has 6 heteroatoms. The zero-order valence-electron chi connectivity index (χ0n) is 15.4. The number of benzene rings is 2. The Kier molecular flexibility index (Phi) is 5.99. The lowest BCUT2D eigenvalue weighted by molar-refractivity contribution is 0.0945. The normalized spacial score (nSPS) is 10.3. The molecule has 1 heterocycles. The van der Waals surface area contributed by atoms with E-state index in [0.717, 1.165) is 29.0 Å². The van der Waals surface area contributed by atoms with E-state index in [1.54, 1.807) is 19.4 Å². The molecule has 0 fully saturated rings. The number of carbonyl (C=O) groups excluding carboxylic acids is 1. The second kappa shape index (κ2) is 8.80. The first kappa shape index (κ1) is 18.4. The molecular weight excluding hydrogens is 340 g/mol. The number of nitrogens with one attached hydrogen (secondary N) is 2. The van der Waals surface area contributed by atoms with Gasteiger partial charge in [-0.15, -0.1) is 0 Å². The topological polar surface area (TPSA) is 76.1 Å². The van der Waals surface area contributed by atoms with E-state index in [-0.39, 0.29) is 5.91 Å². The Morgan fingerprint density at radius 2 is 1.78 bits per heavy atom. The van der Waals surface area contributed by atoms with Crippen molar-refractivity contribution in [3.8, 4) is 5.75 Å². The first-order valence-corrected chi connectivity index (χ1v) is 8.79. The molecule has 138 valence electrons. The summed E-state index contributed by atoms with van der Waals surface area (Å²) in [6, 6.07) is 17.1. The molecule has 0 spiro atoms. The number of rotatable bonds is 7. The molecule has 0 unspecified atom stereocenters.